The summed E-state index contributed by atoms with van der Waals surface area (Å²) in [5.74, 6) is -0.253. The van der Waals surface area contributed by atoms with Crippen molar-refractivity contribution in [3.63, 3.8) is 0 Å². The van der Waals surface area contributed by atoms with E-state index < -0.39 is 9.84 Å². The van der Waals surface area contributed by atoms with E-state index in [1.54, 1.807) is 24.3 Å². The molecular weight excluding hydrogens is 292 g/mol. The highest BCUT2D eigenvalue weighted by Crippen LogP contribution is 2.09. The minimum atomic E-state index is -3.08. The van der Waals surface area contributed by atoms with Crippen molar-refractivity contribution in [2.45, 2.75) is 24.6 Å². The summed E-state index contributed by atoms with van der Waals surface area (Å²) >= 11 is 0. The van der Waals surface area contributed by atoms with Gasteiger partial charge in [-0.05, 0) is 24.1 Å². The van der Waals surface area contributed by atoms with Gasteiger partial charge in [0.05, 0.1) is 5.75 Å². The number of rotatable bonds is 4. The Bertz CT molecular complexity index is 627. The molecule has 0 spiro atoms. The lowest BCUT2D eigenvalue weighted by Gasteiger charge is -2.23. The summed E-state index contributed by atoms with van der Waals surface area (Å²) in [6.45, 7) is 0.441. The van der Waals surface area contributed by atoms with Crippen molar-refractivity contribution >= 4 is 21.7 Å². The van der Waals surface area contributed by atoms with Crippen molar-refractivity contribution < 1.29 is 18.0 Å². The summed E-state index contributed by atoms with van der Waals surface area (Å²) in [7, 11) is -3.08. The maximum Gasteiger partial charge on any atom is 0.251 e. The summed E-state index contributed by atoms with van der Waals surface area (Å²) in [6.07, 6.45) is 2.22. The molecule has 1 aromatic rings. The van der Waals surface area contributed by atoms with Crippen LogP contribution in [0.4, 0.5) is 0 Å². The highest BCUT2D eigenvalue weighted by Gasteiger charge is 2.20. The van der Waals surface area contributed by atoms with Gasteiger partial charge in [-0.1, -0.05) is 12.1 Å². The smallest absolute Gasteiger partial charge is 0.251 e. The molecule has 1 heterocycles. The van der Waals surface area contributed by atoms with Crippen molar-refractivity contribution in [2.24, 2.45) is 0 Å². The fourth-order valence-electron chi connectivity index (χ4n) is 2.18. The van der Waals surface area contributed by atoms with Crippen molar-refractivity contribution in [1.29, 1.82) is 0 Å². The molecule has 1 unspecified atom stereocenters. The number of nitrogens with one attached hydrogen (secondary N) is 2. The van der Waals surface area contributed by atoms with E-state index in [9.17, 15) is 18.0 Å². The summed E-state index contributed by atoms with van der Waals surface area (Å²) in [4.78, 5) is 23.1. The predicted octanol–water partition coefficient (Wildman–Crippen LogP) is 0.240. The Kier molecular flexibility index (Phi) is 4.62. The number of amides is 2. The van der Waals surface area contributed by atoms with Gasteiger partial charge in [-0.3, -0.25) is 9.59 Å². The van der Waals surface area contributed by atoms with Gasteiger partial charge in [-0.25, -0.2) is 8.42 Å². The van der Waals surface area contributed by atoms with Crippen LogP contribution in [0.15, 0.2) is 24.3 Å². The molecule has 0 aromatic heterocycles. The number of hydrogen-bond acceptors (Lipinski definition) is 4. The van der Waals surface area contributed by atoms with Gasteiger partial charge in [0.15, 0.2) is 9.84 Å². The Hall–Kier alpha value is -1.89. The molecule has 1 fully saturated rings. The average Bonchev–Trinajstić information content (AvgIpc) is 2.40. The molecule has 1 saturated heterocycles. The molecule has 7 heteroatoms. The zero-order valence-corrected chi connectivity index (χ0v) is 12.6. The first-order valence-corrected chi connectivity index (χ1v) is 8.74. The second-order valence-electron chi connectivity index (χ2n) is 5.28. The zero-order chi connectivity index (χ0) is 15.5. The molecule has 0 saturated carbocycles. The number of carbonyl (C=O) groups excluding carboxylic acids is 2. The quantitative estimate of drug-likeness (QED) is 0.833. The van der Waals surface area contributed by atoms with Crippen LogP contribution in [0.3, 0.4) is 0 Å². The molecule has 1 aliphatic heterocycles. The molecule has 2 N–H and O–H groups in total. The van der Waals surface area contributed by atoms with Crippen molar-refractivity contribution in [1.82, 2.24) is 10.6 Å². The minimum Gasteiger partial charge on any atom is -0.354 e. The van der Waals surface area contributed by atoms with E-state index in [-0.39, 0.29) is 23.6 Å². The molecule has 114 valence electrons. The van der Waals surface area contributed by atoms with Crippen LogP contribution in [0.2, 0.25) is 0 Å². The van der Waals surface area contributed by atoms with Gasteiger partial charge in [-0.15, -0.1) is 0 Å². The third-order valence-electron chi connectivity index (χ3n) is 3.25. The summed E-state index contributed by atoms with van der Waals surface area (Å²) < 4.78 is 22.4. The van der Waals surface area contributed by atoms with Crippen molar-refractivity contribution in [3.05, 3.63) is 35.4 Å². The number of piperidine rings is 1. The Morgan fingerprint density at radius 2 is 2.00 bits per heavy atom. The van der Waals surface area contributed by atoms with Crippen LogP contribution in [-0.2, 0) is 20.4 Å². The average molecular weight is 310 g/mol. The largest absolute Gasteiger partial charge is 0.354 e. The fraction of sp³-hybridized carbons (Fsp3) is 0.429. The number of sulfone groups is 1. The monoisotopic (exact) mass is 310 g/mol. The lowest BCUT2D eigenvalue weighted by molar-refractivity contribution is -0.122. The van der Waals surface area contributed by atoms with Crippen LogP contribution in [0.1, 0.15) is 28.8 Å². The Labute approximate surface area is 123 Å². The van der Waals surface area contributed by atoms with E-state index in [1.165, 1.54) is 6.26 Å². The number of hydrogen-bond donors (Lipinski definition) is 2. The SMILES string of the molecule is CS(=O)(=O)Cc1ccc(C(=O)NC2CCC(=O)NC2)cc1. The van der Waals surface area contributed by atoms with Gasteiger partial charge < -0.3 is 10.6 Å². The zero-order valence-electron chi connectivity index (χ0n) is 11.8. The summed E-state index contributed by atoms with van der Waals surface area (Å²) in [5, 5.41) is 5.55. The Morgan fingerprint density at radius 1 is 1.33 bits per heavy atom. The maximum absolute atomic E-state index is 12.0. The van der Waals surface area contributed by atoms with Gasteiger partial charge >= 0.3 is 0 Å². The first-order chi connectivity index (χ1) is 9.83. The van der Waals surface area contributed by atoms with Crippen molar-refractivity contribution in [3.8, 4) is 0 Å². The predicted molar refractivity (Wildman–Crippen MR) is 78.5 cm³/mol. The Balaban J connectivity index is 1.95. The van der Waals surface area contributed by atoms with E-state index in [4.69, 9.17) is 0 Å². The van der Waals surface area contributed by atoms with Crippen LogP contribution in [0, 0.1) is 0 Å². The molecule has 1 aromatic carbocycles. The van der Waals surface area contributed by atoms with E-state index in [0.717, 1.165) is 0 Å². The second-order valence-corrected chi connectivity index (χ2v) is 7.42. The lowest BCUT2D eigenvalue weighted by Crippen LogP contribution is -2.47. The van der Waals surface area contributed by atoms with Gasteiger partial charge in [0.2, 0.25) is 5.91 Å². The topological polar surface area (TPSA) is 92.3 Å². The van der Waals surface area contributed by atoms with E-state index >= 15 is 0 Å². The highest BCUT2D eigenvalue weighted by molar-refractivity contribution is 7.89. The molecule has 0 bridgehead atoms. The molecule has 0 aliphatic carbocycles. The first kappa shape index (κ1) is 15.5. The van der Waals surface area contributed by atoms with Crippen LogP contribution < -0.4 is 10.6 Å². The highest BCUT2D eigenvalue weighted by atomic mass is 32.2. The van der Waals surface area contributed by atoms with Gasteiger partial charge in [0, 0.05) is 30.8 Å². The standard InChI is InChI=1S/C14H18N2O4S/c1-21(19,20)9-10-2-4-11(5-3-10)14(18)16-12-6-7-13(17)15-8-12/h2-5,12H,6-9H2,1H3,(H,15,17)(H,16,18). The van der Waals surface area contributed by atoms with Crippen LogP contribution in [0.25, 0.3) is 0 Å². The maximum atomic E-state index is 12.0. The molecule has 21 heavy (non-hydrogen) atoms. The van der Waals surface area contributed by atoms with E-state index in [1.807, 2.05) is 0 Å². The molecular formula is C14H18N2O4S. The Morgan fingerprint density at radius 3 is 2.52 bits per heavy atom. The van der Waals surface area contributed by atoms with E-state index in [0.29, 0.717) is 30.5 Å². The molecule has 2 amide bonds. The van der Waals surface area contributed by atoms with Crippen LogP contribution in [0.5, 0.6) is 0 Å². The second kappa shape index (κ2) is 6.26. The van der Waals surface area contributed by atoms with E-state index in [2.05, 4.69) is 10.6 Å². The van der Waals surface area contributed by atoms with Crippen LogP contribution >= 0.6 is 0 Å². The fourth-order valence-corrected chi connectivity index (χ4v) is 2.98. The normalized spacial score (nSPS) is 18.9. The van der Waals surface area contributed by atoms with Gasteiger partial charge in [-0.2, -0.15) is 0 Å². The molecule has 2 rings (SSSR count). The molecule has 1 atom stereocenters. The third kappa shape index (κ3) is 4.86. The van der Waals surface area contributed by atoms with Crippen molar-refractivity contribution in [2.75, 3.05) is 12.8 Å². The van der Waals surface area contributed by atoms with Gasteiger partial charge in [0.1, 0.15) is 0 Å². The molecule has 1 aliphatic rings. The summed E-state index contributed by atoms with van der Waals surface area (Å²) in [5.41, 5.74) is 1.13. The molecule has 6 nitrogen and oxygen atoms in total. The number of carbonyl (C=O) groups is 2. The number of benzene rings is 1. The van der Waals surface area contributed by atoms with Crippen LogP contribution in [-0.4, -0.2) is 39.1 Å². The lowest BCUT2D eigenvalue weighted by atomic mass is 10.1. The summed E-state index contributed by atoms with van der Waals surface area (Å²) in [6, 6.07) is 6.43. The first-order valence-electron chi connectivity index (χ1n) is 6.68. The molecule has 0 radical (unpaired) electrons. The minimum absolute atomic E-state index is 0.00521. The third-order valence-corrected chi connectivity index (χ3v) is 4.10. The van der Waals surface area contributed by atoms with Gasteiger partial charge in [0.25, 0.3) is 5.91 Å².